The lowest BCUT2D eigenvalue weighted by Gasteiger charge is -2.21. The minimum Gasteiger partial charge on any atom is -0.496 e. The maximum Gasteiger partial charge on any atom is 0.311 e. The predicted octanol–water partition coefficient (Wildman–Crippen LogP) is 2.53. The molecule has 17 heavy (non-hydrogen) atoms. The second-order valence-electron chi connectivity index (χ2n) is 4.14. The SMILES string of the molecule is COc1cccc(OC)c1C(C(=O)O)C(C)C. The first-order chi connectivity index (χ1) is 8.02. The fourth-order valence-electron chi connectivity index (χ4n) is 1.93. The van der Waals surface area contributed by atoms with Gasteiger partial charge in [-0.15, -0.1) is 0 Å². The van der Waals surface area contributed by atoms with E-state index in [1.54, 1.807) is 18.2 Å². The van der Waals surface area contributed by atoms with Crippen LogP contribution in [0.1, 0.15) is 25.3 Å². The average molecular weight is 238 g/mol. The molecule has 0 radical (unpaired) electrons. The van der Waals surface area contributed by atoms with Crippen LogP contribution in [0.2, 0.25) is 0 Å². The van der Waals surface area contributed by atoms with Crippen molar-refractivity contribution in [3.63, 3.8) is 0 Å². The smallest absolute Gasteiger partial charge is 0.311 e. The van der Waals surface area contributed by atoms with Gasteiger partial charge in [-0.05, 0) is 18.1 Å². The Morgan fingerprint density at radius 3 is 1.94 bits per heavy atom. The highest BCUT2D eigenvalue weighted by atomic mass is 16.5. The van der Waals surface area contributed by atoms with E-state index in [4.69, 9.17) is 9.47 Å². The minimum absolute atomic E-state index is 0.0438. The molecule has 4 heteroatoms. The number of aliphatic carboxylic acids is 1. The highest BCUT2D eigenvalue weighted by Gasteiger charge is 2.29. The average Bonchev–Trinajstić information content (AvgIpc) is 2.28. The first kappa shape index (κ1) is 13.4. The Morgan fingerprint density at radius 2 is 1.65 bits per heavy atom. The Balaban J connectivity index is 3.38. The van der Waals surface area contributed by atoms with Crippen molar-refractivity contribution in [3.05, 3.63) is 23.8 Å². The van der Waals surface area contributed by atoms with Crippen LogP contribution in [0.3, 0.4) is 0 Å². The van der Waals surface area contributed by atoms with Crippen molar-refractivity contribution in [1.82, 2.24) is 0 Å². The van der Waals surface area contributed by atoms with Gasteiger partial charge in [0, 0.05) is 0 Å². The highest BCUT2D eigenvalue weighted by molar-refractivity contribution is 5.79. The number of carboxylic acid groups (broad SMARTS) is 1. The second kappa shape index (κ2) is 5.57. The summed E-state index contributed by atoms with van der Waals surface area (Å²) < 4.78 is 10.5. The van der Waals surface area contributed by atoms with Gasteiger partial charge in [0.1, 0.15) is 11.5 Å². The summed E-state index contributed by atoms with van der Waals surface area (Å²) in [5, 5.41) is 9.33. The number of hydrogen-bond donors (Lipinski definition) is 1. The summed E-state index contributed by atoms with van der Waals surface area (Å²) in [6.07, 6.45) is 0. The monoisotopic (exact) mass is 238 g/mol. The van der Waals surface area contributed by atoms with Crippen LogP contribution in [0.25, 0.3) is 0 Å². The van der Waals surface area contributed by atoms with E-state index in [9.17, 15) is 9.90 Å². The van der Waals surface area contributed by atoms with Gasteiger partial charge in [-0.3, -0.25) is 4.79 Å². The van der Waals surface area contributed by atoms with E-state index in [0.717, 1.165) is 0 Å². The van der Waals surface area contributed by atoms with Crippen molar-refractivity contribution < 1.29 is 19.4 Å². The van der Waals surface area contributed by atoms with Crippen molar-refractivity contribution in [2.45, 2.75) is 19.8 Å². The molecule has 0 heterocycles. The van der Waals surface area contributed by atoms with Crippen LogP contribution in [-0.2, 0) is 4.79 Å². The van der Waals surface area contributed by atoms with E-state index in [1.807, 2.05) is 13.8 Å². The topological polar surface area (TPSA) is 55.8 Å². The molecule has 1 aromatic carbocycles. The number of rotatable bonds is 5. The van der Waals surface area contributed by atoms with E-state index in [1.165, 1.54) is 14.2 Å². The molecule has 0 bridgehead atoms. The zero-order valence-electron chi connectivity index (χ0n) is 10.6. The Morgan fingerprint density at radius 1 is 1.18 bits per heavy atom. The van der Waals surface area contributed by atoms with Crippen LogP contribution in [0.4, 0.5) is 0 Å². The maximum atomic E-state index is 11.4. The number of hydrogen-bond acceptors (Lipinski definition) is 3. The molecular formula is C13H18O4. The van der Waals surface area contributed by atoms with Gasteiger partial charge in [-0.25, -0.2) is 0 Å². The van der Waals surface area contributed by atoms with Gasteiger partial charge in [-0.2, -0.15) is 0 Å². The Labute approximate surface area is 101 Å². The van der Waals surface area contributed by atoms with Gasteiger partial charge >= 0.3 is 5.97 Å². The zero-order chi connectivity index (χ0) is 13.0. The van der Waals surface area contributed by atoms with E-state index in [2.05, 4.69) is 0 Å². The molecule has 4 nitrogen and oxygen atoms in total. The molecule has 1 atom stereocenters. The number of methoxy groups -OCH3 is 2. The summed E-state index contributed by atoms with van der Waals surface area (Å²) in [6, 6.07) is 5.27. The maximum absolute atomic E-state index is 11.4. The molecule has 0 spiro atoms. The molecule has 0 aliphatic heterocycles. The normalized spacial score (nSPS) is 12.3. The Hall–Kier alpha value is -1.71. The molecule has 1 N–H and O–H groups in total. The molecule has 1 unspecified atom stereocenters. The molecule has 1 aromatic rings. The molecule has 0 saturated carbocycles. The Kier molecular flexibility index (Phi) is 4.37. The number of benzene rings is 1. The van der Waals surface area contributed by atoms with Gasteiger partial charge in [0.25, 0.3) is 0 Å². The van der Waals surface area contributed by atoms with Gasteiger partial charge in [0.15, 0.2) is 0 Å². The van der Waals surface area contributed by atoms with E-state index < -0.39 is 11.9 Å². The lowest BCUT2D eigenvalue weighted by atomic mass is 9.87. The van der Waals surface area contributed by atoms with Gasteiger partial charge in [0.2, 0.25) is 0 Å². The second-order valence-corrected chi connectivity index (χ2v) is 4.14. The molecular weight excluding hydrogens is 220 g/mol. The molecule has 0 saturated heterocycles. The number of carboxylic acids is 1. The third kappa shape index (κ3) is 2.70. The summed E-state index contributed by atoms with van der Waals surface area (Å²) in [5.74, 6) is -0.461. The van der Waals surface area contributed by atoms with Gasteiger partial charge < -0.3 is 14.6 Å². The summed E-state index contributed by atoms with van der Waals surface area (Å²) >= 11 is 0. The van der Waals surface area contributed by atoms with E-state index in [-0.39, 0.29) is 5.92 Å². The van der Waals surface area contributed by atoms with E-state index in [0.29, 0.717) is 17.1 Å². The Bertz CT molecular complexity index is 376. The van der Waals surface area contributed by atoms with Gasteiger partial charge in [0.05, 0.1) is 25.7 Å². The fourth-order valence-corrected chi connectivity index (χ4v) is 1.93. The van der Waals surface area contributed by atoms with Gasteiger partial charge in [-0.1, -0.05) is 19.9 Å². The van der Waals surface area contributed by atoms with Crippen LogP contribution < -0.4 is 9.47 Å². The molecule has 0 aliphatic rings. The molecule has 1 rings (SSSR count). The quantitative estimate of drug-likeness (QED) is 0.856. The van der Waals surface area contributed by atoms with Crippen molar-refractivity contribution in [3.8, 4) is 11.5 Å². The van der Waals surface area contributed by atoms with Crippen LogP contribution in [0.5, 0.6) is 11.5 Å². The van der Waals surface area contributed by atoms with Crippen LogP contribution in [-0.4, -0.2) is 25.3 Å². The largest absolute Gasteiger partial charge is 0.496 e. The standard InChI is InChI=1S/C13H18O4/c1-8(2)11(13(14)15)12-9(16-3)6-5-7-10(12)17-4/h5-8,11H,1-4H3,(H,14,15). The first-order valence-corrected chi connectivity index (χ1v) is 5.46. The summed E-state index contributed by atoms with van der Waals surface area (Å²) in [5.41, 5.74) is 0.597. The fraction of sp³-hybridized carbons (Fsp3) is 0.462. The first-order valence-electron chi connectivity index (χ1n) is 5.46. The van der Waals surface area contributed by atoms with Crippen molar-refractivity contribution in [2.24, 2.45) is 5.92 Å². The van der Waals surface area contributed by atoms with Crippen molar-refractivity contribution in [1.29, 1.82) is 0 Å². The highest BCUT2D eigenvalue weighted by Crippen LogP contribution is 2.38. The van der Waals surface area contributed by atoms with E-state index >= 15 is 0 Å². The van der Waals surface area contributed by atoms with Crippen molar-refractivity contribution in [2.75, 3.05) is 14.2 Å². The number of ether oxygens (including phenoxy) is 2. The van der Waals surface area contributed by atoms with Crippen molar-refractivity contribution >= 4 is 5.97 Å². The molecule has 0 aliphatic carbocycles. The van der Waals surface area contributed by atoms with Crippen LogP contribution >= 0.6 is 0 Å². The molecule has 0 fully saturated rings. The predicted molar refractivity (Wildman–Crippen MR) is 64.8 cm³/mol. The third-order valence-electron chi connectivity index (χ3n) is 2.71. The summed E-state index contributed by atoms with van der Waals surface area (Å²) in [4.78, 5) is 11.4. The van der Waals surface area contributed by atoms with Crippen LogP contribution in [0.15, 0.2) is 18.2 Å². The third-order valence-corrected chi connectivity index (χ3v) is 2.71. The number of carbonyl (C=O) groups is 1. The van der Waals surface area contributed by atoms with Crippen LogP contribution in [0, 0.1) is 5.92 Å². The molecule has 94 valence electrons. The zero-order valence-corrected chi connectivity index (χ0v) is 10.6. The summed E-state index contributed by atoms with van der Waals surface area (Å²) in [7, 11) is 3.05. The minimum atomic E-state index is -0.872. The molecule has 0 amide bonds. The lowest BCUT2D eigenvalue weighted by molar-refractivity contribution is -0.140. The molecule has 0 aromatic heterocycles. The lowest BCUT2D eigenvalue weighted by Crippen LogP contribution is -2.19. The summed E-state index contributed by atoms with van der Waals surface area (Å²) in [6.45, 7) is 3.73.